The standard InChI is InChI=1S/C33H31ClFN6O4P/c1-4-44-46(43,45-5-2)17-16-20-10-12-22(13-11-20)33(3)27-29(36)37-31(38-30(27)39-32(33)42)28-24-15-14-23(34)18-26(24)41(40-28)19-21-8-6-7-9-25(21)35/h6-18H,4-5,19H2,1-3H3,(H3,36,37,38,39,42). The van der Waals surface area contributed by atoms with Gasteiger partial charge in [0.25, 0.3) is 0 Å². The number of amides is 1. The van der Waals surface area contributed by atoms with Crippen molar-refractivity contribution >= 4 is 53.7 Å². The summed E-state index contributed by atoms with van der Waals surface area (Å²) in [5.74, 6) is 1.35. The van der Waals surface area contributed by atoms with Gasteiger partial charge in [-0.2, -0.15) is 5.10 Å². The fourth-order valence-electron chi connectivity index (χ4n) is 5.60. The minimum atomic E-state index is -3.37. The van der Waals surface area contributed by atoms with Crippen molar-refractivity contribution in [1.82, 2.24) is 19.7 Å². The number of carbonyl (C=O) groups is 1. The summed E-state index contributed by atoms with van der Waals surface area (Å²) in [6.07, 6.45) is 1.66. The third-order valence-electron chi connectivity index (χ3n) is 7.88. The van der Waals surface area contributed by atoms with E-state index in [4.69, 9.17) is 36.5 Å². The maximum absolute atomic E-state index is 14.5. The van der Waals surface area contributed by atoms with Gasteiger partial charge in [0.05, 0.1) is 30.8 Å². The third-order valence-corrected chi connectivity index (χ3v) is 9.87. The zero-order valence-electron chi connectivity index (χ0n) is 25.3. The molecule has 1 unspecified atom stereocenters. The maximum Gasteiger partial charge on any atom is 0.354 e. The molecule has 0 saturated heterocycles. The zero-order valence-corrected chi connectivity index (χ0v) is 27.0. The molecule has 3 N–H and O–H groups in total. The van der Waals surface area contributed by atoms with Gasteiger partial charge in [0.15, 0.2) is 5.82 Å². The van der Waals surface area contributed by atoms with Gasteiger partial charge in [-0.3, -0.25) is 14.0 Å². The molecule has 46 heavy (non-hydrogen) atoms. The van der Waals surface area contributed by atoms with Gasteiger partial charge in [0.2, 0.25) is 5.91 Å². The van der Waals surface area contributed by atoms with Gasteiger partial charge >= 0.3 is 7.60 Å². The summed E-state index contributed by atoms with van der Waals surface area (Å²) in [7, 11) is -3.37. The van der Waals surface area contributed by atoms with Gasteiger partial charge in [-0.25, -0.2) is 14.4 Å². The first-order valence-corrected chi connectivity index (χ1v) is 16.6. The molecule has 0 fully saturated rings. The third kappa shape index (κ3) is 5.71. The molecule has 3 aromatic carbocycles. The molecule has 0 bridgehead atoms. The molecule has 236 valence electrons. The molecule has 1 aliphatic heterocycles. The molecule has 2 aromatic heterocycles. The van der Waals surface area contributed by atoms with E-state index in [0.29, 0.717) is 38.3 Å². The summed E-state index contributed by atoms with van der Waals surface area (Å²) < 4.78 is 39.6. The van der Waals surface area contributed by atoms with Crippen molar-refractivity contribution in [3.05, 3.63) is 106 Å². The Balaban J connectivity index is 1.36. The van der Waals surface area contributed by atoms with Crippen LogP contribution >= 0.6 is 19.2 Å². The molecule has 1 aliphatic rings. The number of hydrogen-bond donors (Lipinski definition) is 2. The first-order chi connectivity index (χ1) is 22.1. The van der Waals surface area contributed by atoms with Crippen molar-refractivity contribution < 1.29 is 22.8 Å². The van der Waals surface area contributed by atoms with Crippen LogP contribution in [0.5, 0.6) is 0 Å². The molecule has 10 nitrogen and oxygen atoms in total. The molecular formula is C33H31ClFN6O4P. The Morgan fingerprint density at radius 3 is 2.48 bits per heavy atom. The molecule has 3 heterocycles. The molecule has 5 aromatic rings. The summed E-state index contributed by atoms with van der Waals surface area (Å²) >= 11 is 6.32. The Bertz CT molecular complexity index is 2040. The smallest absolute Gasteiger partial charge is 0.354 e. The van der Waals surface area contributed by atoms with Crippen LogP contribution in [0.2, 0.25) is 5.02 Å². The molecule has 0 radical (unpaired) electrons. The maximum atomic E-state index is 14.5. The van der Waals surface area contributed by atoms with Crippen molar-refractivity contribution in [3.63, 3.8) is 0 Å². The number of carbonyl (C=O) groups excluding carboxylic acids is 1. The molecule has 0 spiro atoms. The second-order valence-electron chi connectivity index (χ2n) is 10.8. The highest BCUT2D eigenvalue weighted by atomic mass is 35.5. The lowest BCUT2D eigenvalue weighted by Gasteiger charge is -2.23. The van der Waals surface area contributed by atoms with Gasteiger partial charge < -0.3 is 20.1 Å². The number of nitrogens with one attached hydrogen (secondary N) is 1. The highest BCUT2D eigenvalue weighted by molar-refractivity contribution is 7.57. The summed E-state index contributed by atoms with van der Waals surface area (Å²) in [6.45, 7) is 5.90. The lowest BCUT2D eigenvalue weighted by molar-refractivity contribution is -0.119. The molecular weight excluding hydrogens is 630 g/mol. The second-order valence-corrected chi connectivity index (χ2v) is 13.1. The SMILES string of the molecule is CCOP(=O)(C=Cc1ccc(C2(C)C(=O)Nc3nc(-c4nn(Cc5ccccc5F)c5cc(Cl)ccc45)nc(N)c32)cc1)OCC. The van der Waals surface area contributed by atoms with E-state index < -0.39 is 13.0 Å². The minimum absolute atomic E-state index is 0.116. The number of fused-ring (bicyclic) bond motifs is 2. The number of rotatable bonds is 10. The number of nitrogens with two attached hydrogens (primary N) is 1. The Hall–Kier alpha value is -4.41. The van der Waals surface area contributed by atoms with Crippen LogP contribution in [-0.2, 0) is 30.4 Å². The first-order valence-electron chi connectivity index (χ1n) is 14.6. The van der Waals surface area contributed by atoms with Crippen molar-refractivity contribution in [3.8, 4) is 11.5 Å². The normalized spacial score (nSPS) is 16.3. The van der Waals surface area contributed by atoms with E-state index in [1.165, 1.54) is 11.9 Å². The lowest BCUT2D eigenvalue weighted by Crippen LogP contribution is -2.32. The summed E-state index contributed by atoms with van der Waals surface area (Å²) in [6, 6.07) is 18.9. The van der Waals surface area contributed by atoms with Crippen molar-refractivity contribution in [2.24, 2.45) is 0 Å². The number of anilines is 2. The fraction of sp³-hybridized carbons (Fsp3) is 0.212. The molecule has 1 atom stereocenters. The number of nitrogens with zero attached hydrogens (tertiary/aromatic N) is 4. The Morgan fingerprint density at radius 1 is 1.07 bits per heavy atom. The van der Waals surface area contributed by atoms with Gasteiger partial charge in [-0.1, -0.05) is 54.1 Å². The lowest BCUT2D eigenvalue weighted by atomic mass is 9.77. The van der Waals surface area contributed by atoms with E-state index in [1.807, 2.05) is 0 Å². The van der Waals surface area contributed by atoms with Crippen LogP contribution in [-0.4, -0.2) is 38.9 Å². The summed E-state index contributed by atoms with van der Waals surface area (Å²) in [4.78, 5) is 22.9. The van der Waals surface area contributed by atoms with Crippen molar-refractivity contribution in [1.29, 1.82) is 0 Å². The van der Waals surface area contributed by atoms with E-state index in [2.05, 4.69) is 10.3 Å². The zero-order chi connectivity index (χ0) is 32.6. The van der Waals surface area contributed by atoms with Gasteiger partial charge in [0.1, 0.15) is 28.6 Å². The van der Waals surface area contributed by atoms with E-state index >= 15 is 0 Å². The minimum Gasteiger partial charge on any atom is -0.383 e. The molecule has 1 amide bonds. The van der Waals surface area contributed by atoms with Gasteiger partial charge in [0, 0.05) is 21.8 Å². The average molecular weight is 661 g/mol. The monoisotopic (exact) mass is 660 g/mol. The highest BCUT2D eigenvalue weighted by Crippen LogP contribution is 2.50. The quantitative estimate of drug-likeness (QED) is 0.148. The molecule has 13 heteroatoms. The predicted molar refractivity (Wildman–Crippen MR) is 177 cm³/mol. The van der Waals surface area contributed by atoms with Crippen LogP contribution in [0.3, 0.4) is 0 Å². The van der Waals surface area contributed by atoms with Gasteiger partial charge in [-0.05, 0) is 62.2 Å². The molecule has 0 saturated carbocycles. The van der Waals surface area contributed by atoms with Crippen LogP contribution in [0, 0.1) is 5.82 Å². The Kier molecular flexibility index (Phi) is 8.52. The first kappa shape index (κ1) is 31.6. The number of aromatic nitrogens is 4. The number of hydrogen-bond acceptors (Lipinski definition) is 8. The van der Waals surface area contributed by atoms with Crippen LogP contribution in [0.1, 0.15) is 43.0 Å². The second kappa shape index (κ2) is 12.4. The Labute approximate surface area is 269 Å². The van der Waals surface area contributed by atoms with E-state index in [9.17, 15) is 13.8 Å². The predicted octanol–water partition coefficient (Wildman–Crippen LogP) is 7.41. The number of halogens is 2. The number of nitrogen functional groups attached to an aromatic ring is 1. The van der Waals surface area contributed by atoms with E-state index in [1.54, 1.807) is 92.2 Å². The van der Waals surface area contributed by atoms with Crippen LogP contribution in [0.25, 0.3) is 28.5 Å². The largest absolute Gasteiger partial charge is 0.383 e. The Morgan fingerprint density at radius 2 is 1.78 bits per heavy atom. The van der Waals surface area contributed by atoms with Crippen molar-refractivity contribution in [2.75, 3.05) is 24.3 Å². The average Bonchev–Trinajstić information content (AvgIpc) is 3.51. The van der Waals surface area contributed by atoms with E-state index in [-0.39, 0.29) is 48.9 Å². The topological polar surface area (TPSA) is 134 Å². The van der Waals surface area contributed by atoms with Gasteiger partial charge in [-0.15, -0.1) is 0 Å². The van der Waals surface area contributed by atoms with Crippen LogP contribution in [0.15, 0.2) is 72.5 Å². The van der Waals surface area contributed by atoms with Crippen molar-refractivity contribution in [2.45, 2.75) is 32.7 Å². The number of benzene rings is 3. The summed E-state index contributed by atoms with van der Waals surface area (Å²) in [5.41, 5.74) is 8.75. The van der Waals surface area contributed by atoms with Crippen LogP contribution < -0.4 is 11.1 Å². The van der Waals surface area contributed by atoms with E-state index in [0.717, 1.165) is 5.56 Å². The summed E-state index contributed by atoms with van der Waals surface area (Å²) in [5, 5.41) is 8.80. The van der Waals surface area contributed by atoms with Crippen LogP contribution in [0.4, 0.5) is 16.0 Å². The molecule has 6 rings (SSSR count). The molecule has 0 aliphatic carbocycles. The highest BCUT2D eigenvalue weighted by Gasteiger charge is 2.47. The fourth-order valence-corrected chi connectivity index (χ4v) is 7.09.